The fraction of sp³-hybridized carbons (Fsp3) is 0.273. The molecule has 156 valence electrons. The zero-order valence-electron chi connectivity index (χ0n) is 16.7. The molecule has 2 aromatic carbocycles. The van der Waals surface area contributed by atoms with Crippen molar-refractivity contribution in [2.24, 2.45) is 0 Å². The fourth-order valence-electron chi connectivity index (χ4n) is 3.41. The number of aromatic nitrogens is 2. The number of fused-ring (bicyclic) bond motifs is 1. The average Bonchev–Trinajstić information content (AvgIpc) is 3.02. The second-order valence-electron chi connectivity index (χ2n) is 7.14. The van der Waals surface area contributed by atoms with E-state index in [4.69, 9.17) is 32.7 Å². The van der Waals surface area contributed by atoms with E-state index in [0.29, 0.717) is 53.5 Å². The van der Waals surface area contributed by atoms with E-state index in [9.17, 15) is 4.79 Å². The van der Waals surface area contributed by atoms with Crippen LogP contribution in [0.4, 0.5) is 0 Å². The minimum absolute atomic E-state index is 0.196. The summed E-state index contributed by atoms with van der Waals surface area (Å²) < 4.78 is 12.8. The molecule has 6 nitrogen and oxygen atoms in total. The number of amides is 1. The van der Waals surface area contributed by atoms with E-state index in [0.717, 1.165) is 16.9 Å². The summed E-state index contributed by atoms with van der Waals surface area (Å²) in [6.07, 6.45) is 0. The van der Waals surface area contributed by atoms with Gasteiger partial charge < -0.3 is 14.4 Å². The van der Waals surface area contributed by atoms with Crippen molar-refractivity contribution in [3.8, 4) is 11.5 Å². The van der Waals surface area contributed by atoms with Crippen LogP contribution in [0.2, 0.25) is 10.2 Å². The maximum atomic E-state index is 13.1. The topological polar surface area (TPSA) is 56.6 Å². The molecule has 8 heteroatoms. The van der Waals surface area contributed by atoms with Crippen molar-refractivity contribution in [2.75, 3.05) is 20.3 Å². The van der Waals surface area contributed by atoms with Crippen molar-refractivity contribution in [2.45, 2.75) is 20.0 Å². The Hall–Kier alpha value is -2.70. The normalized spacial score (nSPS) is 12.7. The molecule has 1 aliphatic heterocycles. The van der Waals surface area contributed by atoms with E-state index in [1.165, 1.54) is 0 Å². The first-order valence-electron chi connectivity index (χ1n) is 9.54. The van der Waals surface area contributed by atoms with Gasteiger partial charge in [0, 0.05) is 18.6 Å². The number of hydrogen-bond acceptors (Lipinski definition) is 4. The second kappa shape index (κ2) is 8.58. The molecule has 2 heterocycles. The maximum absolute atomic E-state index is 13.1. The van der Waals surface area contributed by atoms with Gasteiger partial charge >= 0.3 is 0 Å². The van der Waals surface area contributed by atoms with Gasteiger partial charge in [-0.1, -0.05) is 47.5 Å². The van der Waals surface area contributed by atoms with Gasteiger partial charge in [-0.15, -0.1) is 0 Å². The molecule has 0 aliphatic carbocycles. The molecule has 1 aliphatic rings. The van der Waals surface area contributed by atoms with Crippen LogP contribution < -0.4 is 9.47 Å². The van der Waals surface area contributed by atoms with E-state index >= 15 is 0 Å². The van der Waals surface area contributed by atoms with Gasteiger partial charge in [-0.05, 0) is 36.2 Å². The minimum atomic E-state index is -0.196. The third-order valence-electron chi connectivity index (χ3n) is 4.93. The molecule has 4 rings (SSSR count). The summed E-state index contributed by atoms with van der Waals surface area (Å²) in [4.78, 5) is 14.7. The summed E-state index contributed by atoms with van der Waals surface area (Å²) in [7, 11) is 1.74. The number of nitrogens with zero attached hydrogens (tertiary/aromatic N) is 3. The highest BCUT2D eigenvalue weighted by molar-refractivity contribution is 6.33. The molecule has 1 amide bonds. The van der Waals surface area contributed by atoms with Gasteiger partial charge in [-0.3, -0.25) is 4.79 Å². The first kappa shape index (κ1) is 20.6. The Morgan fingerprint density at radius 2 is 1.87 bits per heavy atom. The molecule has 0 radical (unpaired) electrons. The van der Waals surface area contributed by atoms with Crippen LogP contribution in [0.15, 0.2) is 42.5 Å². The Kier molecular flexibility index (Phi) is 5.88. The number of ether oxygens (including phenoxy) is 2. The van der Waals surface area contributed by atoms with Crippen LogP contribution in [0.5, 0.6) is 11.5 Å². The minimum Gasteiger partial charge on any atom is -0.486 e. The van der Waals surface area contributed by atoms with E-state index in [2.05, 4.69) is 5.10 Å². The summed E-state index contributed by atoms with van der Waals surface area (Å²) in [6.45, 7) is 3.63. The van der Waals surface area contributed by atoms with E-state index < -0.39 is 0 Å². The Morgan fingerprint density at radius 3 is 2.63 bits per heavy atom. The van der Waals surface area contributed by atoms with Crippen LogP contribution in [0.1, 0.15) is 27.2 Å². The molecule has 0 fully saturated rings. The van der Waals surface area contributed by atoms with Crippen LogP contribution in [-0.4, -0.2) is 40.8 Å². The molecule has 3 aromatic rings. The number of aryl methyl sites for hydroxylation is 1. The molecule has 0 saturated heterocycles. The van der Waals surface area contributed by atoms with E-state index in [1.54, 1.807) is 23.6 Å². The smallest absolute Gasteiger partial charge is 0.258 e. The molecule has 30 heavy (non-hydrogen) atoms. The highest BCUT2D eigenvalue weighted by atomic mass is 35.5. The summed E-state index contributed by atoms with van der Waals surface area (Å²) >= 11 is 12.8. The molecule has 0 atom stereocenters. The zero-order valence-corrected chi connectivity index (χ0v) is 18.2. The lowest BCUT2D eigenvalue weighted by molar-refractivity contribution is 0.0784. The van der Waals surface area contributed by atoms with Gasteiger partial charge in [0.25, 0.3) is 5.91 Å². The molecular formula is C22H21Cl2N3O3. The number of carbonyl (C=O) groups is 1. The lowest BCUT2D eigenvalue weighted by Crippen LogP contribution is -2.27. The van der Waals surface area contributed by atoms with E-state index in [-0.39, 0.29) is 5.91 Å². The fourth-order valence-corrected chi connectivity index (χ4v) is 3.92. The molecular weight excluding hydrogens is 425 g/mol. The van der Waals surface area contributed by atoms with Crippen molar-refractivity contribution in [1.29, 1.82) is 0 Å². The molecule has 0 spiro atoms. The summed E-state index contributed by atoms with van der Waals surface area (Å²) in [6, 6.07) is 13.2. The van der Waals surface area contributed by atoms with Crippen LogP contribution in [0.3, 0.4) is 0 Å². The number of carbonyl (C=O) groups excluding carboxylic acids is 1. The predicted molar refractivity (Wildman–Crippen MR) is 116 cm³/mol. The summed E-state index contributed by atoms with van der Waals surface area (Å²) in [5.41, 5.74) is 2.79. The van der Waals surface area contributed by atoms with E-state index in [1.807, 2.05) is 42.5 Å². The quantitative estimate of drug-likeness (QED) is 0.576. The second-order valence-corrected chi connectivity index (χ2v) is 7.90. The standard InChI is InChI=1S/C22H21Cl2N3O3/c1-14-20(21(24)27(25-14)13-16-5-3-4-6-17(16)23)22(28)26(2)12-15-7-8-18-19(11-15)30-10-9-29-18/h3-8,11H,9-10,12-13H2,1-2H3. The Bertz CT molecular complexity index is 1100. The van der Waals surface area contributed by atoms with Crippen molar-refractivity contribution in [3.05, 3.63) is 75.0 Å². The Balaban J connectivity index is 1.53. The Morgan fingerprint density at radius 1 is 1.13 bits per heavy atom. The van der Waals surface area contributed by atoms with Crippen LogP contribution >= 0.6 is 23.2 Å². The molecule has 0 bridgehead atoms. The molecule has 0 saturated carbocycles. The maximum Gasteiger partial charge on any atom is 0.258 e. The first-order valence-corrected chi connectivity index (χ1v) is 10.3. The van der Waals surface area contributed by atoms with Crippen LogP contribution in [-0.2, 0) is 13.1 Å². The predicted octanol–water partition coefficient (Wildman–Crippen LogP) is 4.59. The van der Waals surface area contributed by atoms with Crippen molar-refractivity contribution in [1.82, 2.24) is 14.7 Å². The number of rotatable bonds is 5. The monoisotopic (exact) mass is 445 g/mol. The number of halogens is 2. The lowest BCUT2D eigenvalue weighted by Gasteiger charge is -2.21. The van der Waals surface area contributed by atoms with Crippen LogP contribution in [0.25, 0.3) is 0 Å². The van der Waals surface area contributed by atoms with Gasteiger partial charge in [0.1, 0.15) is 18.4 Å². The third-order valence-corrected chi connectivity index (χ3v) is 5.68. The van der Waals surface area contributed by atoms with Gasteiger partial charge in [-0.2, -0.15) is 5.10 Å². The number of benzene rings is 2. The van der Waals surface area contributed by atoms with Gasteiger partial charge in [-0.25, -0.2) is 4.68 Å². The van der Waals surface area contributed by atoms with Crippen LogP contribution in [0, 0.1) is 6.92 Å². The highest BCUT2D eigenvalue weighted by Gasteiger charge is 2.24. The number of hydrogen-bond donors (Lipinski definition) is 0. The highest BCUT2D eigenvalue weighted by Crippen LogP contribution is 2.31. The molecule has 0 unspecified atom stereocenters. The third kappa shape index (κ3) is 4.11. The SMILES string of the molecule is Cc1nn(Cc2ccccc2Cl)c(Cl)c1C(=O)N(C)Cc1ccc2c(c1)OCCO2. The lowest BCUT2D eigenvalue weighted by atomic mass is 10.1. The zero-order chi connectivity index (χ0) is 21.3. The first-order chi connectivity index (χ1) is 14.4. The summed E-state index contributed by atoms with van der Waals surface area (Å²) in [5.74, 6) is 1.22. The molecule has 1 aromatic heterocycles. The van der Waals surface area contributed by atoms with Crippen molar-refractivity contribution >= 4 is 29.1 Å². The van der Waals surface area contributed by atoms with Crippen molar-refractivity contribution < 1.29 is 14.3 Å². The Labute approximate surface area is 184 Å². The van der Waals surface area contributed by atoms with Gasteiger partial charge in [0.05, 0.1) is 17.8 Å². The molecule has 0 N–H and O–H groups in total. The van der Waals surface area contributed by atoms with Gasteiger partial charge in [0.2, 0.25) is 0 Å². The average molecular weight is 446 g/mol. The van der Waals surface area contributed by atoms with Gasteiger partial charge in [0.15, 0.2) is 11.5 Å². The van der Waals surface area contributed by atoms with Crippen molar-refractivity contribution in [3.63, 3.8) is 0 Å². The summed E-state index contributed by atoms with van der Waals surface area (Å²) in [5, 5.41) is 5.38. The largest absolute Gasteiger partial charge is 0.486 e.